The molecule has 78 valence electrons. The van der Waals surface area contributed by atoms with Gasteiger partial charge in [-0.1, -0.05) is 0 Å². The molecule has 0 amide bonds. The van der Waals surface area contributed by atoms with E-state index in [0.717, 1.165) is 0 Å². The normalized spacial score (nSPS) is 10.5. The Bertz CT molecular complexity index is 486. The van der Waals surface area contributed by atoms with Gasteiger partial charge in [-0.05, 0) is 18.2 Å². The second-order valence-corrected chi connectivity index (χ2v) is 3.15. The van der Waals surface area contributed by atoms with E-state index < -0.39 is 0 Å². The lowest BCUT2D eigenvalue weighted by atomic mass is 10.1. The van der Waals surface area contributed by atoms with E-state index in [4.69, 9.17) is 11.5 Å². The van der Waals surface area contributed by atoms with E-state index >= 15 is 0 Å². The maximum Gasteiger partial charge on any atom is 0.218 e. The molecule has 1 aromatic heterocycles. The average Bonchev–Trinajstić information content (AvgIpc) is 2.51. The smallest absolute Gasteiger partial charge is 0.218 e. The monoisotopic (exact) mass is 207 g/mol. The minimum Gasteiger partial charge on any atom is -0.398 e. The van der Waals surface area contributed by atoms with Gasteiger partial charge in [0, 0.05) is 18.3 Å². The number of hydrogen-bond donors (Lipinski definition) is 2. The first-order valence-electron chi connectivity index (χ1n) is 4.30. The molecule has 2 aromatic rings. The highest BCUT2D eigenvalue weighted by atomic mass is 19.1. The summed E-state index contributed by atoms with van der Waals surface area (Å²) in [5, 5.41) is 4.02. The number of nitrogen functional groups attached to an aromatic ring is 2. The summed E-state index contributed by atoms with van der Waals surface area (Å²) in [5.74, 6) is 0.200. The molecule has 0 fully saturated rings. The molecule has 6 heteroatoms. The third-order valence-corrected chi connectivity index (χ3v) is 2.05. The topological polar surface area (TPSA) is 82.8 Å². The highest BCUT2D eigenvalue weighted by Gasteiger charge is 2.10. The lowest BCUT2D eigenvalue weighted by Crippen LogP contribution is -1.97. The molecule has 4 N–H and O–H groups in total. The first-order valence-corrected chi connectivity index (χ1v) is 4.30. The number of hydrogen-bond acceptors (Lipinski definition) is 4. The van der Waals surface area contributed by atoms with Crippen LogP contribution in [-0.2, 0) is 7.05 Å². The van der Waals surface area contributed by atoms with Gasteiger partial charge in [0.15, 0.2) is 5.82 Å². The van der Waals surface area contributed by atoms with Crippen LogP contribution in [0.4, 0.5) is 16.0 Å². The van der Waals surface area contributed by atoms with Crippen LogP contribution in [0.3, 0.4) is 0 Å². The first kappa shape index (κ1) is 9.45. The van der Waals surface area contributed by atoms with Crippen LogP contribution in [-0.4, -0.2) is 14.8 Å². The number of aromatic nitrogens is 3. The summed E-state index contributed by atoms with van der Waals surface area (Å²) in [6.07, 6.45) is 0. The van der Waals surface area contributed by atoms with Crippen LogP contribution in [0.15, 0.2) is 18.2 Å². The van der Waals surface area contributed by atoms with Gasteiger partial charge in [-0.15, -0.1) is 5.10 Å². The third kappa shape index (κ3) is 1.61. The molecule has 2 rings (SSSR count). The fourth-order valence-corrected chi connectivity index (χ4v) is 1.23. The number of aryl methyl sites for hydroxylation is 1. The van der Waals surface area contributed by atoms with Crippen LogP contribution in [0.2, 0.25) is 0 Å². The van der Waals surface area contributed by atoms with Crippen molar-refractivity contribution in [2.75, 3.05) is 11.5 Å². The van der Waals surface area contributed by atoms with Crippen molar-refractivity contribution < 1.29 is 4.39 Å². The quantitative estimate of drug-likeness (QED) is 0.677. The molecule has 0 aliphatic heterocycles. The number of halogens is 1. The van der Waals surface area contributed by atoms with E-state index in [1.165, 1.54) is 22.9 Å². The summed E-state index contributed by atoms with van der Waals surface area (Å²) < 4.78 is 14.4. The fraction of sp³-hybridized carbons (Fsp3) is 0.111. The summed E-state index contributed by atoms with van der Waals surface area (Å²) in [7, 11) is 1.65. The van der Waals surface area contributed by atoms with Crippen LogP contribution in [0.5, 0.6) is 0 Å². The van der Waals surface area contributed by atoms with Gasteiger partial charge in [0.25, 0.3) is 0 Å². The number of nitrogens with zero attached hydrogens (tertiary/aromatic N) is 3. The van der Waals surface area contributed by atoms with E-state index in [-0.39, 0.29) is 11.8 Å². The highest BCUT2D eigenvalue weighted by molar-refractivity contribution is 5.71. The molecule has 0 unspecified atom stereocenters. The first-order chi connectivity index (χ1) is 7.08. The van der Waals surface area contributed by atoms with Crippen LogP contribution in [0.25, 0.3) is 11.4 Å². The summed E-state index contributed by atoms with van der Waals surface area (Å²) in [5.41, 5.74) is 12.1. The van der Waals surface area contributed by atoms with E-state index in [0.29, 0.717) is 17.1 Å². The van der Waals surface area contributed by atoms with Gasteiger partial charge < -0.3 is 11.5 Å². The van der Waals surface area contributed by atoms with Gasteiger partial charge in [-0.2, -0.15) is 4.98 Å². The molecule has 0 atom stereocenters. The van der Waals surface area contributed by atoms with Crippen molar-refractivity contribution in [3.05, 3.63) is 24.0 Å². The molecule has 1 aromatic carbocycles. The van der Waals surface area contributed by atoms with E-state index in [1.807, 2.05) is 0 Å². The zero-order valence-electron chi connectivity index (χ0n) is 8.11. The molecule has 0 radical (unpaired) electrons. The van der Waals surface area contributed by atoms with Crippen molar-refractivity contribution in [3.63, 3.8) is 0 Å². The molecule has 0 bridgehead atoms. The number of nitrogens with two attached hydrogens (primary N) is 2. The third-order valence-electron chi connectivity index (χ3n) is 2.05. The molecule has 15 heavy (non-hydrogen) atoms. The van der Waals surface area contributed by atoms with Gasteiger partial charge in [0.05, 0.1) is 0 Å². The number of rotatable bonds is 1. The van der Waals surface area contributed by atoms with Crippen LogP contribution in [0.1, 0.15) is 0 Å². The Hall–Kier alpha value is -2.11. The summed E-state index contributed by atoms with van der Waals surface area (Å²) >= 11 is 0. The van der Waals surface area contributed by atoms with E-state index in [9.17, 15) is 4.39 Å². The summed E-state index contributed by atoms with van der Waals surface area (Å²) in [4.78, 5) is 3.97. The van der Waals surface area contributed by atoms with Gasteiger partial charge in [0.2, 0.25) is 5.95 Å². The number of anilines is 2. The molecule has 0 aliphatic rings. The lowest BCUT2D eigenvalue weighted by molar-refractivity contribution is 0.628. The molecule has 0 spiro atoms. The Morgan fingerprint density at radius 2 is 2.07 bits per heavy atom. The largest absolute Gasteiger partial charge is 0.398 e. The van der Waals surface area contributed by atoms with E-state index in [1.54, 1.807) is 7.05 Å². The predicted molar refractivity (Wildman–Crippen MR) is 55.2 cm³/mol. The molecule has 5 nitrogen and oxygen atoms in total. The maximum atomic E-state index is 13.0. The van der Waals surface area contributed by atoms with Crippen molar-refractivity contribution in [3.8, 4) is 11.4 Å². The predicted octanol–water partition coefficient (Wildman–Crippen LogP) is 0.786. The van der Waals surface area contributed by atoms with Crippen molar-refractivity contribution in [2.24, 2.45) is 7.05 Å². The maximum absolute atomic E-state index is 13.0. The molecular formula is C9H10FN5. The Labute approximate surface area is 85.5 Å². The minimum absolute atomic E-state index is 0.258. The summed E-state index contributed by atoms with van der Waals surface area (Å²) in [6, 6.07) is 4.03. The SMILES string of the molecule is Cn1nc(-c2cc(F)ccc2N)nc1N. The Morgan fingerprint density at radius 3 is 2.67 bits per heavy atom. The number of benzene rings is 1. The zero-order chi connectivity index (χ0) is 11.0. The fourth-order valence-electron chi connectivity index (χ4n) is 1.23. The lowest BCUT2D eigenvalue weighted by Gasteiger charge is -2.00. The van der Waals surface area contributed by atoms with Gasteiger partial charge in [-0.3, -0.25) is 0 Å². The highest BCUT2D eigenvalue weighted by Crippen LogP contribution is 2.24. The summed E-state index contributed by atoms with van der Waals surface area (Å²) in [6.45, 7) is 0. The van der Waals surface area contributed by atoms with E-state index in [2.05, 4.69) is 10.1 Å². The zero-order valence-corrected chi connectivity index (χ0v) is 8.11. The Kier molecular flexibility index (Phi) is 2.03. The van der Waals surface area contributed by atoms with Crippen LogP contribution >= 0.6 is 0 Å². The second kappa shape index (κ2) is 3.23. The molecular weight excluding hydrogens is 197 g/mol. The van der Waals surface area contributed by atoms with Crippen LogP contribution < -0.4 is 11.5 Å². The van der Waals surface area contributed by atoms with Gasteiger partial charge in [0.1, 0.15) is 5.82 Å². The molecule has 1 heterocycles. The molecule has 0 saturated heterocycles. The Balaban J connectivity index is 2.58. The Morgan fingerprint density at radius 1 is 1.33 bits per heavy atom. The molecule has 0 aliphatic carbocycles. The van der Waals surface area contributed by atoms with Crippen molar-refractivity contribution >= 4 is 11.6 Å². The van der Waals surface area contributed by atoms with Gasteiger partial charge >= 0.3 is 0 Å². The standard InChI is InChI=1S/C9H10FN5/c1-15-9(12)13-8(14-15)6-4-5(10)2-3-7(6)11/h2-4H,11H2,1H3,(H2,12,13,14). The van der Waals surface area contributed by atoms with Crippen LogP contribution in [0, 0.1) is 5.82 Å². The van der Waals surface area contributed by atoms with Crippen molar-refractivity contribution in [1.29, 1.82) is 0 Å². The van der Waals surface area contributed by atoms with Crippen molar-refractivity contribution in [2.45, 2.75) is 0 Å². The second-order valence-electron chi connectivity index (χ2n) is 3.15. The molecule has 0 saturated carbocycles. The van der Waals surface area contributed by atoms with Gasteiger partial charge in [-0.25, -0.2) is 9.07 Å². The average molecular weight is 207 g/mol. The van der Waals surface area contributed by atoms with Crippen molar-refractivity contribution in [1.82, 2.24) is 14.8 Å². The minimum atomic E-state index is -0.384.